The van der Waals surface area contributed by atoms with Crippen LogP contribution < -0.4 is 4.90 Å². The van der Waals surface area contributed by atoms with Crippen LogP contribution in [0.1, 0.15) is 38.1 Å². The van der Waals surface area contributed by atoms with E-state index < -0.39 is 9.84 Å². The minimum absolute atomic E-state index is 0. The molecule has 0 fully saturated rings. The van der Waals surface area contributed by atoms with Crippen molar-refractivity contribution in [3.8, 4) is 0 Å². The lowest BCUT2D eigenvalue weighted by molar-refractivity contribution is 0.0983. The largest absolute Gasteiger partial charge is 0.302 e. The highest BCUT2D eigenvalue weighted by molar-refractivity contribution is 7.99. The summed E-state index contributed by atoms with van der Waals surface area (Å²) in [6.07, 6.45) is 1.18. The van der Waals surface area contributed by atoms with Gasteiger partial charge in [-0.25, -0.2) is 13.4 Å². The number of hydrogen-bond acceptors (Lipinski definition) is 7. The topological polar surface area (TPSA) is 70.6 Å². The molecule has 1 aromatic heterocycles. The number of sulfone groups is 1. The van der Waals surface area contributed by atoms with Crippen LogP contribution in [-0.4, -0.2) is 61.9 Å². The zero-order valence-corrected chi connectivity index (χ0v) is 23.4. The van der Waals surface area contributed by atoms with Gasteiger partial charge in [0.1, 0.15) is 5.52 Å². The number of carbonyl (C=O) groups excluding carboxylic acids is 1. The molecule has 1 heterocycles. The summed E-state index contributed by atoms with van der Waals surface area (Å²) in [5.41, 5.74) is 1.01. The molecule has 0 bridgehead atoms. The van der Waals surface area contributed by atoms with Crippen LogP contribution in [0.25, 0.3) is 10.2 Å². The molecule has 0 radical (unpaired) electrons. The number of amides is 1. The Labute approximate surface area is 217 Å². The van der Waals surface area contributed by atoms with E-state index in [1.54, 1.807) is 28.8 Å². The van der Waals surface area contributed by atoms with Crippen molar-refractivity contribution >= 4 is 66.6 Å². The first kappa shape index (κ1) is 28.6. The third-order valence-corrected chi connectivity index (χ3v) is 8.44. The molecule has 0 saturated heterocycles. The number of anilines is 1. The van der Waals surface area contributed by atoms with Gasteiger partial charge in [-0.3, -0.25) is 9.69 Å². The highest BCUT2D eigenvalue weighted by Crippen LogP contribution is 2.33. The van der Waals surface area contributed by atoms with Crippen LogP contribution in [0, 0.1) is 0 Å². The van der Waals surface area contributed by atoms with Gasteiger partial charge in [0, 0.05) is 35.1 Å². The number of hydrogen-bond donors (Lipinski definition) is 0. The van der Waals surface area contributed by atoms with E-state index in [2.05, 4.69) is 37.6 Å². The van der Waals surface area contributed by atoms with Crippen LogP contribution in [0.5, 0.6) is 0 Å². The van der Waals surface area contributed by atoms with E-state index in [-0.39, 0.29) is 23.2 Å². The van der Waals surface area contributed by atoms with Crippen molar-refractivity contribution in [3.63, 3.8) is 0 Å². The number of aromatic nitrogens is 1. The fraction of sp³-hybridized carbons (Fsp3) is 0.417. The van der Waals surface area contributed by atoms with Gasteiger partial charge in [-0.05, 0) is 49.5 Å². The lowest BCUT2D eigenvalue weighted by atomic mass is 10.2. The number of para-hydroxylation sites is 1. The molecule has 10 heteroatoms. The Morgan fingerprint density at radius 1 is 1.06 bits per heavy atom. The van der Waals surface area contributed by atoms with E-state index >= 15 is 0 Å². The summed E-state index contributed by atoms with van der Waals surface area (Å²) in [6.45, 7) is 11.4. The first-order valence-corrected chi connectivity index (χ1v) is 14.6. The van der Waals surface area contributed by atoms with Gasteiger partial charge in [-0.1, -0.05) is 45.1 Å². The van der Waals surface area contributed by atoms with Gasteiger partial charge < -0.3 is 4.90 Å². The fourth-order valence-electron chi connectivity index (χ4n) is 3.50. The third-order valence-electron chi connectivity index (χ3n) is 5.25. The predicted molar refractivity (Wildman–Crippen MR) is 147 cm³/mol. The van der Waals surface area contributed by atoms with Crippen LogP contribution in [-0.2, 0) is 9.84 Å². The zero-order chi connectivity index (χ0) is 24.2. The van der Waals surface area contributed by atoms with Crippen molar-refractivity contribution in [1.29, 1.82) is 0 Å². The lowest BCUT2D eigenvalue weighted by Gasteiger charge is -2.24. The monoisotopic (exact) mass is 541 g/mol. The summed E-state index contributed by atoms with van der Waals surface area (Å²) >= 11 is 3.10. The van der Waals surface area contributed by atoms with Crippen LogP contribution in [0.3, 0.4) is 0 Å². The van der Waals surface area contributed by atoms with E-state index in [0.29, 0.717) is 34.6 Å². The van der Waals surface area contributed by atoms with Gasteiger partial charge >= 0.3 is 0 Å². The molecule has 0 aliphatic heterocycles. The number of rotatable bonds is 10. The number of thiazole rings is 1. The van der Waals surface area contributed by atoms with Crippen molar-refractivity contribution < 1.29 is 13.2 Å². The number of halogens is 1. The molecule has 0 saturated carbocycles. The van der Waals surface area contributed by atoms with Gasteiger partial charge in [-0.15, -0.1) is 24.2 Å². The van der Waals surface area contributed by atoms with Crippen molar-refractivity contribution in [2.24, 2.45) is 0 Å². The molecule has 0 spiro atoms. The maximum atomic E-state index is 13.6. The Morgan fingerprint density at radius 2 is 1.71 bits per heavy atom. The second kappa shape index (κ2) is 12.4. The normalized spacial score (nSPS) is 11.7. The van der Waals surface area contributed by atoms with Gasteiger partial charge in [0.05, 0.1) is 9.60 Å². The van der Waals surface area contributed by atoms with Gasteiger partial charge in [0.2, 0.25) is 0 Å². The van der Waals surface area contributed by atoms with E-state index in [1.165, 1.54) is 17.6 Å². The average molecular weight is 542 g/mol. The third kappa shape index (κ3) is 6.95. The summed E-state index contributed by atoms with van der Waals surface area (Å²) in [4.78, 5) is 23.4. The minimum Gasteiger partial charge on any atom is -0.302 e. The Bertz CT molecular complexity index is 1210. The molecule has 0 unspecified atom stereocenters. The van der Waals surface area contributed by atoms with Crippen molar-refractivity contribution in [2.45, 2.75) is 42.7 Å². The first-order chi connectivity index (χ1) is 15.6. The maximum Gasteiger partial charge on any atom is 0.260 e. The zero-order valence-electron chi connectivity index (χ0n) is 20.1. The summed E-state index contributed by atoms with van der Waals surface area (Å²) in [5.74, 6) is -0.136. The van der Waals surface area contributed by atoms with Gasteiger partial charge in [-0.2, -0.15) is 0 Å². The van der Waals surface area contributed by atoms with Gasteiger partial charge in [0.25, 0.3) is 5.91 Å². The Morgan fingerprint density at radius 3 is 2.26 bits per heavy atom. The number of fused-ring (bicyclic) bond motifs is 1. The Hall–Kier alpha value is -1.65. The number of carbonyl (C=O) groups is 1. The minimum atomic E-state index is -3.43. The number of nitrogens with zero attached hydrogens (tertiary/aromatic N) is 3. The van der Waals surface area contributed by atoms with E-state index in [1.807, 2.05) is 30.3 Å². The first-order valence-electron chi connectivity index (χ1n) is 11.0. The molecule has 34 heavy (non-hydrogen) atoms. The molecule has 0 N–H and O–H groups in total. The molecule has 186 valence electrons. The van der Waals surface area contributed by atoms with Gasteiger partial charge in [0.15, 0.2) is 15.0 Å². The van der Waals surface area contributed by atoms with Crippen LogP contribution >= 0.6 is 35.5 Å². The molecule has 3 aromatic rings. The number of thioether (sulfide) groups is 1. The molecule has 2 aromatic carbocycles. The Kier molecular flexibility index (Phi) is 10.4. The summed E-state index contributed by atoms with van der Waals surface area (Å²) < 4.78 is 25.3. The number of benzene rings is 2. The lowest BCUT2D eigenvalue weighted by Crippen LogP contribution is -2.38. The molecule has 6 nitrogen and oxygen atoms in total. The standard InChI is InChI=1S/C24H31N3O3S3.ClH/c1-6-26(7-2)15-16-27(23(28)18-11-13-19(14-12-18)31-17(3)4)24-25-22-20(32-24)9-8-10-21(22)33(5,29)30;/h8-14,17H,6-7,15-16H2,1-5H3;1H. The summed E-state index contributed by atoms with van der Waals surface area (Å²) in [6, 6.07) is 12.8. The second-order valence-corrected chi connectivity index (χ2v) is 12.7. The van der Waals surface area contributed by atoms with E-state index in [4.69, 9.17) is 0 Å². The smallest absolute Gasteiger partial charge is 0.260 e. The van der Waals surface area contributed by atoms with Crippen molar-refractivity contribution in [2.75, 3.05) is 37.3 Å². The van der Waals surface area contributed by atoms with Crippen LogP contribution in [0.4, 0.5) is 5.13 Å². The van der Waals surface area contributed by atoms with E-state index in [0.717, 1.165) is 22.7 Å². The fourth-order valence-corrected chi connectivity index (χ4v) is 6.25. The molecular weight excluding hydrogens is 510 g/mol. The number of likely N-dealkylation sites (N-methyl/N-ethyl adjacent to an activating group) is 1. The highest BCUT2D eigenvalue weighted by Gasteiger charge is 2.24. The Balaban J connectivity index is 0.00000408. The maximum absolute atomic E-state index is 13.6. The molecular formula is C24H32ClN3O3S3. The van der Waals surface area contributed by atoms with E-state index in [9.17, 15) is 13.2 Å². The second-order valence-electron chi connectivity index (χ2n) is 8.05. The van der Waals surface area contributed by atoms with Crippen molar-refractivity contribution in [3.05, 3.63) is 48.0 Å². The summed E-state index contributed by atoms with van der Waals surface area (Å²) in [7, 11) is -3.43. The highest BCUT2D eigenvalue weighted by atomic mass is 35.5. The molecule has 1 amide bonds. The SMILES string of the molecule is CCN(CC)CCN(C(=O)c1ccc(SC(C)C)cc1)c1nc2c(S(C)(=O)=O)cccc2s1.Cl. The predicted octanol–water partition coefficient (Wildman–Crippen LogP) is 5.61. The molecule has 0 atom stereocenters. The molecule has 3 rings (SSSR count). The van der Waals surface area contributed by atoms with Crippen molar-refractivity contribution in [1.82, 2.24) is 9.88 Å². The van der Waals surface area contributed by atoms with Crippen LogP contribution in [0.15, 0.2) is 52.3 Å². The molecule has 0 aliphatic carbocycles. The average Bonchev–Trinajstić information content (AvgIpc) is 3.19. The molecule has 0 aliphatic rings. The van der Waals surface area contributed by atoms with Crippen LogP contribution in [0.2, 0.25) is 0 Å². The summed E-state index contributed by atoms with van der Waals surface area (Å²) in [5, 5.41) is 0.975. The quantitative estimate of drug-likeness (QED) is 0.311.